The normalized spacial score (nSPS) is 32.0. The van der Waals surface area contributed by atoms with Gasteiger partial charge < -0.3 is 15.5 Å². The van der Waals surface area contributed by atoms with E-state index < -0.39 is 17.8 Å². The maximum absolute atomic E-state index is 12.1. The summed E-state index contributed by atoms with van der Waals surface area (Å²) in [5, 5.41) is 21.0. The van der Waals surface area contributed by atoms with E-state index in [9.17, 15) is 9.59 Å². The van der Waals surface area contributed by atoms with Crippen LogP contribution in [-0.2, 0) is 9.59 Å². The molecule has 108 valence electrons. The molecule has 19 heavy (non-hydrogen) atoms. The molecule has 2 aliphatic carbocycles. The third-order valence-electron chi connectivity index (χ3n) is 4.69. The summed E-state index contributed by atoms with van der Waals surface area (Å²) in [4.78, 5) is 23.3. The van der Waals surface area contributed by atoms with E-state index in [1.54, 1.807) is 0 Å². The number of carboxylic acid groups (broad SMARTS) is 1. The molecule has 0 aliphatic heterocycles. The lowest BCUT2D eigenvalue weighted by Gasteiger charge is -2.19. The second-order valence-electron chi connectivity index (χ2n) is 6.32. The summed E-state index contributed by atoms with van der Waals surface area (Å²) in [6.07, 6.45) is 4.05. The molecular weight excluding hydrogens is 246 g/mol. The molecule has 3 atom stereocenters. The Labute approximate surface area is 113 Å². The fraction of sp³-hybridized carbons (Fsp3) is 0.857. The molecule has 0 spiro atoms. The Morgan fingerprint density at radius 2 is 1.89 bits per heavy atom. The van der Waals surface area contributed by atoms with Crippen LogP contribution in [0.5, 0.6) is 0 Å². The predicted octanol–water partition coefficient (Wildman–Crippen LogP) is 1.01. The van der Waals surface area contributed by atoms with Crippen LogP contribution in [0.2, 0.25) is 0 Å². The number of aliphatic hydroxyl groups is 1. The molecule has 0 radical (unpaired) electrons. The second-order valence-corrected chi connectivity index (χ2v) is 6.32. The van der Waals surface area contributed by atoms with Crippen molar-refractivity contribution in [2.45, 2.75) is 39.0 Å². The van der Waals surface area contributed by atoms with Crippen molar-refractivity contribution in [2.24, 2.45) is 23.2 Å². The van der Waals surface area contributed by atoms with E-state index in [-0.39, 0.29) is 17.9 Å². The number of carbonyl (C=O) groups excluding carboxylic acids is 1. The van der Waals surface area contributed by atoms with E-state index in [0.717, 1.165) is 19.3 Å². The average Bonchev–Trinajstić information content (AvgIpc) is 3.00. The van der Waals surface area contributed by atoms with Crippen LogP contribution in [0.4, 0.5) is 0 Å². The van der Waals surface area contributed by atoms with Crippen LogP contribution in [0.15, 0.2) is 0 Å². The standard InChI is InChI=1S/C14H23NO4/c1-9-6-10(11(7-9)13(18)19)12(17)15-8-14(2-3-14)4-5-16/h9-11,16H,2-8H2,1H3,(H,15,17)(H,18,19)/t9?,10-,11+/m0/s1. The van der Waals surface area contributed by atoms with Crippen molar-refractivity contribution in [3.63, 3.8) is 0 Å². The number of carbonyl (C=O) groups is 2. The Bertz CT molecular complexity index is 364. The first kappa shape index (κ1) is 14.3. The van der Waals surface area contributed by atoms with Gasteiger partial charge in [-0.05, 0) is 43.4 Å². The molecule has 0 aromatic heterocycles. The number of nitrogens with one attached hydrogen (secondary N) is 1. The lowest BCUT2D eigenvalue weighted by atomic mass is 9.94. The van der Waals surface area contributed by atoms with E-state index in [0.29, 0.717) is 25.3 Å². The van der Waals surface area contributed by atoms with Gasteiger partial charge in [-0.1, -0.05) is 6.92 Å². The molecule has 0 aromatic carbocycles. The van der Waals surface area contributed by atoms with Crippen LogP contribution in [0, 0.1) is 23.2 Å². The third-order valence-corrected chi connectivity index (χ3v) is 4.69. The van der Waals surface area contributed by atoms with Crippen molar-refractivity contribution in [3.8, 4) is 0 Å². The van der Waals surface area contributed by atoms with Gasteiger partial charge in [-0.3, -0.25) is 9.59 Å². The summed E-state index contributed by atoms with van der Waals surface area (Å²) in [6, 6.07) is 0. The van der Waals surface area contributed by atoms with Gasteiger partial charge in [0.2, 0.25) is 5.91 Å². The van der Waals surface area contributed by atoms with Crippen LogP contribution in [0.25, 0.3) is 0 Å². The summed E-state index contributed by atoms with van der Waals surface area (Å²) in [7, 11) is 0. The average molecular weight is 269 g/mol. The SMILES string of the molecule is CC1C[C@H](C(=O)NCC2(CCO)CC2)[C@H](C(=O)O)C1. The van der Waals surface area contributed by atoms with Gasteiger partial charge in [-0.25, -0.2) is 0 Å². The Balaban J connectivity index is 1.87. The highest BCUT2D eigenvalue weighted by molar-refractivity contribution is 5.85. The minimum atomic E-state index is -0.860. The van der Waals surface area contributed by atoms with Gasteiger partial charge in [0.1, 0.15) is 0 Å². The van der Waals surface area contributed by atoms with E-state index in [1.807, 2.05) is 6.92 Å². The van der Waals surface area contributed by atoms with Gasteiger partial charge in [-0.2, -0.15) is 0 Å². The van der Waals surface area contributed by atoms with Crippen molar-refractivity contribution in [1.29, 1.82) is 0 Å². The zero-order valence-electron chi connectivity index (χ0n) is 11.4. The summed E-state index contributed by atoms with van der Waals surface area (Å²) in [5.74, 6) is -1.62. The molecule has 0 bridgehead atoms. The maximum Gasteiger partial charge on any atom is 0.307 e. The molecule has 0 heterocycles. The van der Waals surface area contributed by atoms with Gasteiger partial charge in [0.25, 0.3) is 0 Å². The molecule has 1 amide bonds. The molecule has 0 saturated heterocycles. The quantitative estimate of drug-likeness (QED) is 0.671. The van der Waals surface area contributed by atoms with Crippen molar-refractivity contribution < 1.29 is 19.8 Å². The van der Waals surface area contributed by atoms with Gasteiger partial charge in [0.05, 0.1) is 11.8 Å². The van der Waals surface area contributed by atoms with Crippen LogP contribution in [-0.4, -0.2) is 35.2 Å². The lowest BCUT2D eigenvalue weighted by Crippen LogP contribution is -2.38. The van der Waals surface area contributed by atoms with Crippen molar-refractivity contribution in [2.75, 3.05) is 13.2 Å². The fourth-order valence-corrected chi connectivity index (χ4v) is 3.19. The van der Waals surface area contributed by atoms with Crippen molar-refractivity contribution in [3.05, 3.63) is 0 Å². The molecule has 1 unspecified atom stereocenters. The van der Waals surface area contributed by atoms with E-state index in [2.05, 4.69) is 5.32 Å². The first-order chi connectivity index (χ1) is 8.97. The molecule has 2 fully saturated rings. The monoisotopic (exact) mass is 269 g/mol. The molecule has 5 heteroatoms. The largest absolute Gasteiger partial charge is 0.481 e. The number of carboxylic acids is 1. The van der Waals surface area contributed by atoms with Crippen LogP contribution in [0.3, 0.4) is 0 Å². The number of aliphatic carboxylic acids is 1. The van der Waals surface area contributed by atoms with Crippen molar-refractivity contribution in [1.82, 2.24) is 5.32 Å². The zero-order chi connectivity index (χ0) is 14.0. The Morgan fingerprint density at radius 1 is 1.26 bits per heavy atom. The van der Waals surface area contributed by atoms with E-state index >= 15 is 0 Å². The molecule has 2 aliphatic rings. The second kappa shape index (κ2) is 5.49. The number of hydrogen-bond acceptors (Lipinski definition) is 3. The number of hydrogen-bond donors (Lipinski definition) is 3. The third kappa shape index (κ3) is 3.26. The minimum Gasteiger partial charge on any atom is -0.481 e. The minimum absolute atomic E-state index is 0.0767. The number of aliphatic hydroxyl groups excluding tert-OH is 1. The number of rotatable bonds is 6. The van der Waals surface area contributed by atoms with Crippen LogP contribution in [0.1, 0.15) is 39.0 Å². The van der Waals surface area contributed by atoms with E-state index in [1.165, 1.54) is 0 Å². The summed E-state index contributed by atoms with van der Waals surface area (Å²) in [5.41, 5.74) is 0.0767. The molecule has 5 nitrogen and oxygen atoms in total. The number of amides is 1. The van der Waals surface area contributed by atoms with Crippen LogP contribution >= 0.6 is 0 Å². The summed E-state index contributed by atoms with van der Waals surface area (Å²) in [6.45, 7) is 2.72. The summed E-state index contributed by atoms with van der Waals surface area (Å²) < 4.78 is 0. The first-order valence-corrected chi connectivity index (χ1v) is 7.09. The van der Waals surface area contributed by atoms with Gasteiger partial charge in [0, 0.05) is 13.2 Å². The molecule has 3 N–H and O–H groups in total. The maximum atomic E-state index is 12.1. The molecular formula is C14H23NO4. The van der Waals surface area contributed by atoms with Gasteiger partial charge >= 0.3 is 5.97 Å². The first-order valence-electron chi connectivity index (χ1n) is 7.09. The highest BCUT2D eigenvalue weighted by Crippen LogP contribution is 2.48. The lowest BCUT2D eigenvalue weighted by molar-refractivity contribution is -0.146. The topological polar surface area (TPSA) is 86.6 Å². The molecule has 2 saturated carbocycles. The Hall–Kier alpha value is -1.10. The summed E-state index contributed by atoms with van der Waals surface area (Å²) >= 11 is 0. The highest BCUT2D eigenvalue weighted by atomic mass is 16.4. The van der Waals surface area contributed by atoms with Crippen LogP contribution < -0.4 is 5.32 Å². The van der Waals surface area contributed by atoms with Crippen molar-refractivity contribution >= 4 is 11.9 Å². The van der Waals surface area contributed by atoms with Gasteiger partial charge in [-0.15, -0.1) is 0 Å². The van der Waals surface area contributed by atoms with E-state index in [4.69, 9.17) is 10.2 Å². The molecule has 2 rings (SSSR count). The highest BCUT2D eigenvalue weighted by Gasteiger charge is 2.44. The van der Waals surface area contributed by atoms with Gasteiger partial charge in [0.15, 0.2) is 0 Å². The predicted molar refractivity (Wildman–Crippen MR) is 69.4 cm³/mol. The smallest absolute Gasteiger partial charge is 0.307 e. The fourth-order valence-electron chi connectivity index (χ4n) is 3.19. The molecule has 0 aromatic rings. The Morgan fingerprint density at radius 3 is 2.42 bits per heavy atom. The zero-order valence-corrected chi connectivity index (χ0v) is 11.4. The Kier molecular flexibility index (Phi) is 4.13.